The molecular weight excluding hydrogens is 496 g/mol. The molecule has 0 saturated heterocycles. The lowest BCUT2D eigenvalue weighted by atomic mass is 10.0. The van der Waals surface area contributed by atoms with Gasteiger partial charge in [0.25, 0.3) is 5.91 Å². The van der Waals surface area contributed by atoms with Crippen molar-refractivity contribution in [2.24, 2.45) is 0 Å². The minimum atomic E-state index is -3.70. The van der Waals surface area contributed by atoms with Gasteiger partial charge in [0.2, 0.25) is 0 Å². The van der Waals surface area contributed by atoms with Gasteiger partial charge in [0, 0.05) is 23.4 Å². The highest BCUT2D eigenvalue weighted by molar-refractivity contribution is 7.90. The number of anilines is 1. The second-order valence-electron chi connectivity index (χ2n) is 8.60. The van der Waals surface area contributed by atoms with Gasteiger partial charge in [-0.1, -0.05) is 30.3 Å². The summed E-state index contributed by atoms with van der Waals surface area (Å²) in [6, 6.07) is 13.3. The van der Waals surface area contributed by atoms with Crippen LogP contribution in [0.2, 0.25) is 0 Å². The molecular formula is C27H26N2O7S. The number of sulfone groups is 1. The molecule has 1 aliphatic heterocycles. The molecule has 0 atom stereocenters. The first kappa shape index (κ1) is 25.9. The van der Waals surface area contributed by atoms with Crippen molar-refractivity contribution < 1.29 is 32.6 Å². The van der Waals surface area contributed by atoms with Crippen LogP contribution in [0.4, 0.5) is 5.69 Å². The summed E-state index contributed by atoms with van der Waals surface area (Å²) in [7, 11) is -3.70. The predicted octanol–water partition coefficient (Wildman–Crippen LogP) is 3.98. The highest BCUT2D eigenvalue weighted by Gasteiger charge is 2.28. The number of amides is 1. The highest BCUT2D eigenvalue weighted by atomic mass is 32.2. The number of aromatic nitrogens is 1. The first-order chi connectivity index (χ1) is 17.6. The van der Waals surface area contributed by atoms with Crippen molar-refractivity contribution in [1.82, 2.24) is 4.98 Å². The number of hydrogen-bond donors (Lipinski definition) is 3. The summed E-state index contributed by atoms with van der Waals surface area (Å²) in [5.41, 5.74) is 3.34. The van der Waals surface area contributed by atoms with E-state index in [0.29, 0.717) is 33.6 Å². The molecule has 0 bridgehead atoms. The Morgan fingerprint density at radius 2 is 1.84 bits per heavy atom. The zero-order valence-electron chi connectivity index (χ0n) is 20.3. The van der Waals surface area contributed by atoms with E-state index in [-0.39, 0.29) is 41.4 Å². The third kappa shape index (κ3) is 5.49. The van der Waals surface area contributed by atoms with Crippen LogP contribution in [-0.2, 0) is 36.3 Å². The molecule has 3 N–H and O–H groups in total. The fourth-order valence-corrected chi connectivity index (χ4v) is 5.64. The molecule has 0 radical (unpaired) electrons. The van der Waals surface area contributed by atoms with Crippen LogP contribution < -0.4 is 5.32 Å². The molecule has 192 valence electrons. The van der Waals surface area contributed by atoms with Gasteiger partial charge in [-0.3, -0.25) is 9.59 Å². The van der Waals surface area contributed by atoms with Crippen LogP contribution >= 0.6 is 0 Å². The zero-order valence-corrected chi connectivity index (χ0v) is 21.1. The molecule has 4 rings (SSSR count). The van der Waals surface area contributed by atoms with Crippen LogP contribution in [0, 0.1) is 6.92 Å². The molecule has 1 amide bonds. The fourth-order valence-electron chi connectivity index (χ4n) is 4.27. The number of fused-ring (bicyclic) bond motifs is 1. The molecule has 3 aromatic rings. The second kappa shape index (κ2) is 10.4. The molecule has 10 heteroatoms. The van der Waals surface area contributed by atoms with Gasteiger partial charge in [-0.2, -0.15) is 0 Å². The van der Waals surface area contributed by atoms with Crippen molar-refractivity contribution in [2.45, 2.75) is 37.3 Å². The molecule has 0 saturated carbocycles. The van der Waals surface area contributed by atoms with Gasteiger partial charge >= 0.3 is 11.9 Å². The van der Waals surface area contributed by atoms with Crippen LogP contribution in [0.3, 0.4) is 0 Å². The number of carbonyl (C=O) groups is 3. The number of H-pyrrole nitrogens is 1. The molecule has 0 fully saturated rings. The Bertz CT molecular complexity index is 1520. The quantitative estimate of drug-likeness (QED) is 0.285. The molecule has 9 nitrogen and oxygen atoms in total. The topological polar surface area (TPSA) is 143 Å². The average molecular weight is 523 g/mol. The van der Waals surface area contributed by atoms with Gasteiger partial charge in [0.1, 0.15) is 5.69 Å². The Morgan fingerprint density at radius 3 is 2.51 bits per heavy atom. The summed E-state index contributed by atoms with van der Waals surface area (Å²) < 4.78 is 31.3. The van der Waals surface area contributed by atoms with Crippen molar-refractivity contribution in [3.8, 4) is 0 Å². The normalized spacial score (nSPS) is 13.9. The third-order valence-corrected chi connectivity index (χ3v) is 7.79. The lowest BCUT2D eigenvalue weighted by Gasteiger charge is -2.07. The summed E-state index contributed by atoms with van der Waals surface area (Å²) in [6.07, 6.45) is 1.46. The number of ether oxygens (including phenoxy) is 1. The standard InChI is InChI=1S/C27H26N2O7S/c1-3-36-27(33)25-16(2)19(10-12-24(30)31)23(28-25)14-21-20-13-18(9-11-22(20)29-26(21)32)37(34,35)15-17-7-5-4-6-8-17/h4-9,11,13-14,28H,3,10,12,15H2,1-2H3,(H,29,32)(H,30,31)/b21-14-. The summed E-state index contributed by atoms with van der Waals surface area (Å²) in [5.74, 6) is -2.23. The molecule has 1 aliphatic rings. The van der Waals surface area contributed by atoms with Gasteiger partial charge in [-0.15, -0.1) is 0 Å². The summed E-state index contributed by atoms with van der Waals surface area (Å²) in [4.78, 5) is 39.6. The van der Waals surface area contributed by atoms with Gasteiger partial charge < -0.3 is 20.1 Å². The van der Waals surface area contributed by atoms with E-state index >= 15 is 0 Å². The Hall–Kier alpha value is -4.18. The monoisotopic (exact) mass is 522 g/mol. The second-order valence-corrected chi connectivity index (χ2v) is 10.6. The lowest BCUT2D eigenvalue weighted by molar-refractivity contribution is -0.137. The van der Waals surface area contributed by atoms with Crippen molar-refractivity contribution in [2.75, 3.05) is 11.9 Å². The van der Waals surface area contributed by atoms with Crippen LogP contribution in [-0.4, -0.2) is 43.0 Å². The first-order valence-corrected chi connectivity index (χ1v) is 13.3. The number of esters is 1. The average Bonchev–Trinajstić information content (AvgIpc) is 3.33. The fraction of sp³-hybridized carbons (Fsp3) is 0.222. The van der Waals surface area contributed by atoms with Crippen LogP contribution in [0.25, 0.3) is 11.6 Å². The molecule has 0 aliphatic carbocycles. The van der Waals surface area contributed by atoms with Crippen molar-refractivity contribution in [3.05, 3.63) is 82.2 Å². The molecule has 2 aromatic carbocycles. The van der Waals surface area contributed by atoms with E-state index in [0.717, 1.165) is 0 Å². The number of benzene rings is 2. The number of nitrogens with one attached hydrogen (secondary N) is 2. The van der Waals surface area contributed by atoms with Gasteiger partial charge in [-0.25, -0.2) is 13.2 Å². The van der Waals surface area contributed by atoms with Crippen LogP contribution in [0.5, 0.6) is 0 Å². The minimum absolute atomic E-state index is 0.0680. The van der Waals surface area contributed by atoms with Gasteiger partial charge in [0.15, 0.2) is 9.84 Å². The number of aromatic amines is 1. The third-order valence-electron chi connectivity index (χ3n) is 6.10. The lowest BCUT2D eigenvalue weighted by Crippen LogP contribution is -2.07. The molecule has 0 unspecified atom stereocenters. The summed E-state index contributed by atoms with van der Waals surface area (Å²) in [5, 5.41) is 11.9. The van der Waals surface area contributed by atoms with Crippen molar-refractivity contribution in [1.29, 1.82) is 0 Å². The highest BCUT2D eigenvalue weighted by Crippen LogP contribution is 2.36. The SMILES string of the molecule is CCOC(=O)c1[nH]c(/C=C2\C(=O)Nc3ccc(S(=O)(=O)Cc4ccccc4)cc32)c(CCC(=O)O)c1C. The number of hydrogen-bond acceptors (Lipinski definition) is 6. The maximum Gasteiger partial charge on any atom is 0.355 e. The molecule has 1 aromatic heterocycles. The maximum absolute atomic E-state index is 13.1. The summed E-state index contributed by atoms with van der Waals surface area (Å²) >= 11 is 0. The minimum Gasteiger partial charge on any atom is -0.481 e. The Kier molecular flexibility index (Phi) is 7.30. The molecule has 37 heavy (non-hydrogen) atoms. The Balaban J connectivity index is 1.77. The number of aliphatic carboxylic acids is 1. The van der Waals surface area contributed by atoms with Crippen molar-refractivity contribution in [3.63, 3.8) is 0 Å². The van der Waals surface area contributed by atoms with Gasteiger partial charge in [0.05, 0.1) is 22.8 Å². The zero-order chi connectivity index (χ0) is 26.7. The Morgan fingerprint density at radius 1 is 1.11 bits per heavy atom. The van der Waals surface area contributed by atoms with E-state index in [2.05, 4.69) is 10.3 Å². The summed E-state index contributed by atoms with van der Waals surface area (Å²) in [6.45, 7) is 3.51. The maximum atomic E-state index is 13.1. The number of rotatable bonds is 9. The largest absolute Gasteiger partial charge is 0.481 e. The molecule has 0 spiro atoms. The number of carboxylic acid groups (broad SMARTS) is 1. The van der Waals surface area contributed by atoms with Gasteiger partial charge in [-0.05, 0) is 61.2 Å². The van der Waals surface area contributed by atoms with Crippen molar-refractivity contribution >= 4 is 45.0 Å². The van der Waals surface area contributed by atoms with Crippen LogP contribution in [0.15, 0.2) is 53.4 Å². The number of carboxylic acids is 1. The van der Waals surface area contributed by atoms with E-state index in [1.165, 1.54) is 18.2 Å². The van der Waals surface area contributed by atoms with Crippen LogP contribution in [0.1, 0.15) is 51.8 Å². The first-order valence-electron chi connectivity index (χ1n) is 11.6. The van der Waals surface area contributed by atoms with E-state index in [4.69, 9.17) is 4.74 Å². The molecule has 2 heterocycles. The van der Waals surface area contributed by atoms with E-state index < -0.39 is 27.7 Å². The van der Waals surface area contributed by atoms with E-state index in [1.807, 2.05) is 0 Å². The Labute approximate surface area is 214 Å². The number of carbonyl (C=O) groups excluding carboxylic acids is 2. The predicted molar refractivity (Wildman–Crippen MR) is 138 cm³/mol. The smallest absolute Gasteiger partial charge is 0.355 e. The van der Waals surface area contributed by atoms with E-state index in [1.54, 1.807) is 50.2 Å². The van der Waals surface area contributed by atoms with E-state index in [9.17, 15) is 27.9 Å².